The van der Waals surface area contributed by atoms with Crippen molar-refractivity contribution in [2.45, 2.75) is 108 Å². The second kappa shape index (κ2) is 11.5. The number of sulfonamides is 1. The van der Waals surface area contributed by atoms with Crippen LogP contribution in [0.3, 0.4) is 0 Å². The summed E-state index contributed by atoms with van der Waals surface area (Å²) in [6.45, 7) is 13.1. The highest BCUT2D eigenvalue weighted by Gasteiger charge is 2.46. The molecule has 3 fully saturated rings. The van der Waals surface area contributed by atoms with E-state index in [0.717, 1.165) is 57.3 Å². The quantitative estimate of drug-likeness (QED) is 0.387. The average Bonchev–Trinajstić information content (AvgIpc) is 3.27. The highest BCUT2D eigenvalue weighted by atomic mass is 32.2. The molecule has 2 atom stereocenters. The van der Waals surface area contributed by atoms with Crippen LogP contribution in [0.4, 0.5) is 11.6 Å². The summed E-state index contributed by atoms with van der Waals surface area (Å²) in [6.07, 6.45) is 6.44. The molecule has 2 amide bonds. The lowest BCUT2D eigenvalue weighted by Crippen LogP contribution is -2.56. The van der Waals surface area contributed by atoms with Crippen molar-refractivity contribution in [2.75, 3.05) is 29.9 Å². The van der Waals surface area contributed by atoms with Gasteiger partial charge in [0.15, 0.2) is 5.03 Å². The van der Waals surface area contributed by atoms with Crippen molar-refractivity contribution in [3.8, 4) is 0 Å². The highest BCUT2D eigenvalue weighted by molar-refractivity contribution is 7.90. The first-order valence-corrected chi connectivity index (χ1v) is 17.7. The van der Waals surface area contributed by atoms with Gasteiger partial charge in [-0.05, 0) is 107 Å². The van der Waals surface area contributed by atoms with E-state index in [1.165, 1.54) is 6.07 Å². The van der Waals surface area contributed by atoms with Crippen molar-refractivity contribution in [3.63, 3.8) is 0 Å². The number of nitrogens with one attached hydrogen (secondary N) is 4. The molecule has 244 valence electrons. The molecule has 0 aromatic carbocycles. The van der Waals surface area contributed by atoms with Crippen LogP contribution in [0.15, 0.2) is 35.4 Å². The van der Waals surface area contributed by atoms with Gasteiger partial charge in [-0.2, -0.15) is 8.42 Å². The second-order valence-corrected chi connectivity index (χ2v) is 16.9. The minimum absolute atomic E-state index is 0.0904. The van der Waals surface area contributed by atoms with Crippen LogP contribution in [-0.4, -0.2) is 67.5 Å². The summed E-state index contributed by atoms with van der Waals surface area (Å²) in [5.41, 5.74) is 0.733. The number of piperidine rings is 1. The van der Waals surface area contributed by atoms with Crippen molar-refractivity contribution in [3.05, 3.63) is 41.6 Å². The van der Waals surface area contributed by atoms with Crippen LogP contribution < -0.4 is 25.6 Å². The van der Waals surface area contributed by atoms with Crippen LogP contribution in [0, 0.1) is 11.3 Å². The molecular formula is C33H47N7O4S. The number of aromatic nitrogens is 2. The number of hydrogen-bond acceptors (Lipinski definition) is 9. The van der Waals surface area contributed by atoms with Crippen LogP contribution in [0.25, 0.3) is 0 Å². The first-order valence-electron chi connectivity index (χ1n) is 16.3. The third kappa shape index (κ3) is 6.54. The molecule has 6 rings (SSSR count). The van der Waals surface area contributed by atoms with E-state index in [0.29, 0.717) is 24.2 Å². The SMILES string of the molecule is CC(C)(C)c1ccc2c(n1)N1C[C@@H](CC[C@@H](C(=O)NC3CC4(CCNCC4)C3)Nc3cccc(n3)S(=O)(=O)NC2=O)CC1(C)C. The number of hydrogen-bond donors (Lipinski definition) is 4. The van der Waals surface area contributed by atoms with Crippen molar-refractivity contribution < 1.29 is 18.0 Å². The molecule has 4 N–H and O–H groups in total. The molecule has 2 aromatic heterocycles. The monoisotopic (exact) mass is 637 g/mol. The third-order valence-electron chi connectivity index (χ3n) is 10.2. The molecule has 0 radical (unpaired) electrons. The van der Waals surface area contributed by atoms with E-state index in [1.807, 2.05) is 0 Å². The van der Waals surface area contributed by atoms with Gasteiger partial charge in [-0.25, -0.2) is 14.7 Å². The molecule has 2 aromatic rings. The molecule has 4 aliphatic rings. The standard InChI is InChI=1S/C33H47N7O4S/c1-31(2,3)25-12-10-23-28(37-25)40-20-21(17-32(40,4)5)9-11-24(30(42)35-22-18-33(19-22)13-15-34-16-14-33)36-26-7-6-8-27(38-26)45(43,44)39-29(23)41/h6-8,10,12,21-22,24,34H,9,11,13-20H2,1-5H3,(H,35,42)(H,36,38)(H,39,41)/t21-,24-/m0/s1. The van der Waals surface area contributed by atoms with E-state index in [4.69, 9.17) is 4.98 Å². The van der Waals surface area contributed by atoms with E-state index >= 15 is 0 Å². The fraction of sp³-hybridized carbons (Fsp3) is 0.636. The van der Waals surface area contributed by atoms with E-state index in [9.17, 15) is 18.0 Å². The summed E-state index contributed by atoms with van der Waals surface area (Å²) in [5.74, 6) is 0.143. The molecule has 11 nitrogen and oxygen atoms in total. The van der Waals surface area contributed by atoms with Crippen molar-refractivity contribution in [1.29, 1.82) is 0 Å². The summed E-state index contributed by atoms with van der Waals surface area (Å²) in [6, 6.07) is 7.59. The van der Waals surface area contributed by atoms with Crippen molar-refractivity contribution >= 4 is 33.5 Å². The van der Waals surface area contributed by atoms with Crippen LogP contribution in [0.2, 0.25) is 0 Å². The van der Waals surface area contributed by atoms with Gasteiger partial charge in [0.1, 0.15) is 17.7 Å². The zero-order chi connectivity index (χ0) is 32.2. The molecule has 5 heterocycles. The minimum Gasteiger partial charge on any atom is -0.358 e. The average molecular weight is 638 g/mol. The molecular weight excluding hydrogens is 590 g/mol. The predicted octanol–water partition coefficient (Wildman–Crippen LogP) is 3.72. The molecule has 45 heavy (non-hydrogen) atoms. The zero-order valence-corrected chi connectivity index (χ0v) is 27.9. The molecule has 3 aliphatic heterocycles. The molecule has 4 bridgehead atoms. The molecule has 1 aliphatic carbocycles. The van der Waals surface area contributed by atoms with Crippen LogP contribution >= 0.6 is 0 Å². The maximum absolute atomic E-state index is 13.8. The summed E-state index contributed by atoms with van der Waals surface area (Å²) in [4.78, 5) is 38.8. The number of amides is 2. The van der Waals surface area contributed by atoms with E-state index < -0.39 is 22.0 Å². The van der Waals surface area contributed by atoms with E-state index in [1.54, 1.807) is 24.3 Å². The van der Waals surface area contributed by atoms with Gasteiger partial charge in [-0.15, -0.1) is 0 Å². The largest absolute Gasteiger partial charge is 0.358 e. The van der Waals surface area contributed by atoms with Gasteiger partial charge in [0.2, 0.25) is 5.91 Å². The van der Waals surface area contributed by atoms with E-state index in [-0.39, 0.29) is 45.2 Å². The maximum Gasteiger partial charge on any atom is 0.281 e. The topological polar surface area (TPSA) is 145 Å². The molecule has 12 heteroatoms. The number of fused-ring (bicyclic) bond motifs is 6. The van der Waals surface area contributed by atoms with Crippen molar-refractivity contribution in [2.24, 2.45) is 11.3 Å². The van der Waals surface area contributed by atoms with Crippen LogP contribution in [-0.2, 0) is 20.2 Å². The molecule has 2 saturated heterocycles. The predicted molar refractivity (Wildman–Crippen MR) is 174 cm³/mol. The first-order chi connectivity index (χ1) is 21.1. The Labute approximate surface area is 266 Å². The van der Waals surface area contributed by atoms with E-state index in [2.05, 4.69) is 65.2 Å². The van der Waals surface area contributed by atoms with Crippen LogP contribution in [0.5, 0.6) is 0 Å². The van der Waals surface area contributed by atoms with Crippen LogP contribution in [0.1, 0.15) is 95.6 Å². The first kappa shape index (κ1) is 31.7. The fourth-order valence-corrected chi connectivity index (χ4v) is 8.62. The normalized spacial score (nSPS) is 26.0. The Morgan fingerprint density at radius 2 is 1.76 bits per heavy atom. The van der Waals surface area contributed by atoms with Gasteiger partial charge in [0, 0.05) is 29.2 Å². The lowest BCUT2D eigenvalue weighted by molar-refractivity contribution is -0.124. The van der Waals surface area contributed by atoms with Gasteiger partial charge in [0.05, 0.1) is 5.56 Å². The lowest BCUT2D eigenvalue weighted by Gasteiger charge is -2.50. The van der Waals surface area contributed by atoms with Gasteiger partial charge >= 0.3 is 0 Å². The number of nitrogens with zero attached hydrogens (tertiary/aromatic N) is 3. The van der Waals surface area contributed by atoms with Crippen molar-refractivity contribution in [1.82, 2.24) is 25.3 Å². The summed E-state index contributed by atoms with van der Waals surface area (Å²) >= 11 is 0. The lowest BCUT2D eigenvalue weighted by atomic mass is 9.60. The fourth-order valence-electron chi connectivity index (χ4n) is 7.68. The van der Waals surface area contributed by atoms with Gasteiger partial charge in [-0.3, -0.25) is 9.59 Å². The zero-order valence-electron chi connectivity index (χ0n) is 27.1. The van der Waals surface area contributed by atoms with Gasteiger partial charge in [0.25, 0.3) is 15.9 Å². The maximum atomic E-state index is 13.8. The Morgan fingerprint density at radius 1 is 1.02 bits per heavy atom. The molecule has 0 unspecified atom stereocenters. The highest BCUT2D eigenvalue weighted by Crippen LogP contribution is 2.48. The second-order valence-electron chi connectivity index (χ2n) is 15.2. The number of carbonyl (C=O) groups excluding carboxylic acids is 2. The number of anilines is 2. The molecule has 1 saturated carbocycles. The summed E-state index contributed by atoms with van der Waals surface area (Å²) < 4.78 is 29.1. The summed E-state index contributed by atoms with van der Waals surface area (Å²) in [5, 5.41) is 9.65. The number of carbonyl (C=O) groups is 2. The Hall–Kier alpha value is -3.25. The summed E-state index contributed by atoms with van der Waals surface area (Å²) in [7, 11) is -4.32. The van der Waals surface area contributed by atoms with Gasteiger partial charge in [-0.1, -0.05) is 26.8 Å². The van der Waals surface area contributed by atoms with Gasteiger partial charge < -0.3 is 20.9 Å². The Bertz CT molecular complexity index is 1570. The Kier molecular flexibility index (Phi) is 8.12. The smallest absolute Gasteiger partial charge is 0.281 e. The minimum atomic E-state index is -4.32. The molecule has 1 spiro atoms. The Balaban J connectivity index is 1.32. The third-order valence-corrected chi connectivity index (χ3v) is 11.4. The number of rotatable bonds is 2. The Morgan fingerprint density at radius 3 is 2.47 bits per heavy atom. The number of pyridine rings is 2.